The van der Waals surface area contributed by atoms with Gasteiger partial charge in [0, 0.05) is 0 Å². The molecule has 10 heteroatoms. The van der Waals surface area contributed by atoms with Crippen LogP contribution >= 0.6 is 0 Å². The Morgan fingerprint density at radius 3 is 1.51 bits per heavy atom. The van der Waals surface area contributed by atoms with Gasteiger partial charge in [0.2, 0.25) is 6.29 Å². The Bertz CT molecular complexity index is 1750. The van der Waals surface area contributed by atoms with Crippen LogP contribution in [0.1, 0.15) is 36.1 Å². The van der Waals surface area contributed by atoms with Crippen molar-refractivity contribution in [2.24, 2.45) is 0 Å². The Kier molecular flexibility index (Phi) is 12.5. The van der Waals surface area contributed by atoms with E-state index in [1.54, 1.807) is 0 Å². The summed E-state index contributed by atoms with van der Waals surface area (Å²) in [7, 11) is 0. The lowest BCUT2D eigenvalue weighted by Crippen LogP contribution is -2.61. The van der Waals surface area contributed by atoms with Gasteiger partial charge in [0.1, 0.15) is 42.7 Å². The summed E-state index contributed by atoms with van der Waals surface area (Å²) in [4.78, 5) is 0. The molecule has 0 radical (unpaired) electrons. The molecule has 278 valence electrons. The van der Waals surface area contributed by atoms with Gasteiger partial charge in [-0.15, -0.1) is 0 Å². The van der Waals surface area contributed by atoms with E-state index >= 15 is 0 Å². The van der Waals surface area contributed by atoms with E-state index in [0.29, 0.717) is 6.61 Å². The van der Waals surface area contributed by atoms with Crippen LogP contribution in [0.5, 0.6) is 0 Å². The van der Waals surface area contributed by atoms with Crippen LogP contribution in [0.3, 0.4) is 0 Å². The monoisotopic (exact) mass is 722 g/mol. The van der Waals surface area contributed by atoms with Crippen LogP contribution < -0.4 is 0 Å². The maximum absolute atomic E-state index is 10.6. The number of fused-ring (bicyclic) bond motifs is 1. The average Bonchev–Trinajstić information content (AvgIpc) is 3.66. The van der Waals surface area contributed by atoms with E-state index in [1.807, 2.05) is 135 Å². The predicted octanol–water partition coefficient (Wildman–Crippen LogP) is 5.90. The van der Waals surface area contributed by atoms with Gasteiger partial charge < -0.3 is 47.7 Å². The molecule has 3 fully saturated rings. The fourth-order valence-electron chi connectivity index (χ4n) is 6.68. The molecule has 0 unspecified atom stereocenters. The first-order valence-electron chi connectivity index (χ1n) is 18.0. The summed E-state index contributed by atoms with van der Waals surface area (Å²) in [5, 5.41) is 10.6. The highest BCUT2D eigenvalue weighted by Gasteiger charge is 2.55. The van der Waals surface area contributed by atoms with Gasteiger partial charge in [-0.25, -0.2) is 0 Å². The summed E-state index contributed by atoms with van der Waals surface area (Å²) >= 11 is 0. The molecule has 3 aliphatic rings. The van der Waals surface area contributed by atoms with Crippen molar-refractivity contribution in [1.29, 1.82) is 0 Å². The third-order valence-electron chi connectivity index (χ3n) is 9.28. The van der Waals surface area contributed by atoms with Crippen molar-refractivity contribution in [3.8, 4) is 12.0 Å². The quantitative estimate of drug-likeness (QED) is 0.158. The van der Waals surface area contributed by atoms with E-state index in [4.69, 9.17) is 42.6 Å². The lowest BCUT2D eigenvalue weighted by atomic mass is 9.98. The fourth-order valence-corrected chi connectivity index (χ4v) is 6.68. The zero-order valence-electron chi connectivity index (χ0n) is 29.9. The minimum atomic E-state index is -1.06. The number of ether oxygens (including phenoxy) is 9. The van der Waals surface area contributed by atoms with Crippen molar-refractivity contribution >= 4 is 0 Å². The maximum atomic E-state index is 10.6. The summed E-state index contributed by atoms with van der Waals surface area (Å²) in [6.07, 6.45) is -3.70. The minimum absolute atomic E-state index is 0.248. The molecule has 9 atom stereocenters. The number of hydrogen-bond acceptors (Lipinski definition) is 10. The zero-order chi connectivity index (χ0) is 36.5. The molecule has 7 rings (SSSR count). The first kappa shape index (κ1) is 37.2. The van der Waals surface area contributed by atoms with Crippen molar-refractivity contribution < 1.29 is 47.7 Å². The summed E-state index contributed by atoms with van der Waals surface area (Å²) < 4.78 is 57.0. The SMILES string of the molecule is CC1(C)O[C@H]2O[C@H](C#CO[C@H]3O[C@H](CO)[C@H](OCc4ccccc4)[C@H](OCc4ccccc4)[C@H]3OCc3ccccc3)[C@H](OCc3ccccc3)[C@H]2O1. The lowest BCUT2D eigenvalue weighted by Gasteiger charge is -2.44. The molecule has 4 aromatic carbocycles. The Morgan fingerprint density at radius 1 is 0.566 bits per heavy atom. The smallest absolute Gasteiger partial charge is 0.239 e. The molecule has 0 saturated carbocycles. The van der Waals surface area contributed by atoms with Gasteiger partial charge in [-0.3, -0.25) is 0 Å². The summed E-state index contributed by atoms with van der Waals surface area (Å²) in [6.45, 7) is 4.47. The highest BCUT2D eigenvalue weighted by atomic mass is 16.8. The van der Waals surface area contributed by atoms with Gasteiger partial charge in [0.25, 0.3) is 0 Å². The fraction of sp³-hybridized carbons (Fsp3) is 0.395. The molecule has 53 heavy (non-hydrogen) atoms. The van der Waals surface area contributed by atoms with Crippen LogP contribution in [0.4, 0.5) is 0 Å². The molecule has 0 aliphatic carbocycles. The molecule has 4 aromatic rings. The molecule has 1 N–H and O–H groups in total. The van der Waals surface area contributed by atoms with E-state index < -0.39 is 61.1 Å². The van der Waals surface area contributed by atoms with Crippen LogP contribution in [0.15, 0.2) is 121 Å². The van der Waals surface area contributed by atoms with Crippen molar-refractivity contribution in [2.75, 3.05) is 6.61 Å². The number of rotatable bonds is 14. The van der Waals surface area contributed by atoms with Gasteiger partial charge in [-0.2, -0.15) is 0 Å². The highest BCUT2D eigenvalue weighted by Crippen LogP contribution is 2.39. The van der Waals surface area contributed by atoms with E-state index in [9.17, 15) is 5.11 Å². The van der Waals surface area contributed by atoms with Gasteiger partial charge in [0.05, 0.1) is 33.0 Å². The molecule has 0 spiro atoms. The van der Waals surface area contributed by atoms with Crippen molar-refractivity contribution in [1.82, 2.24) is 0 Å². The van der Waals surface area contributed by atoms with Crippen molar-refractivity contribution in [3.63, 3.8) is 0 Å². The van der Waals surface area contributed by atoms with E-state index in [2.05, 4.69) is 12.0 Å². The minimum Gasteiger partial charge on any atom is -0.411 e. The molecule has 0 bridgehead atoms. The van der Waals surface area contributed by atoms with Gasteiger partial charge >= 0.3 is 0 Å². The summed E-state index contributed by atoms with van der Waals surface area (Å²) in [5.74, 6) is 2.25. The van der Waals surface area contributed by atoms with Crippen LogP contribution in [-0.4, -0.2) is 72.8 Å². The normalized spacial score (nSPS) is 28.8. The van der Waals surface area contributed by atoms with Gasteiger partial charge in [0.15, 0.2) is 18.2 Å². The Labute approximate surface area is 310 Å². The zero-order valence-corrected chi connectivity index (χ0v) is 29.9. The Balaban J connectivity index is 1.13. The van der Waals surface area contributed by atoms with Gasteiger partial charge in [-0.1, -0.05) is 121 Å². The van der Waals surface area contributed by atoms with E-state index in [-0.39, 0.29) is 26.4 Å². The first-order valence-corrected chi connectivity index (χ1v) is 18.0. The summed E-state index contributed by atoms with van der Waals surface area (Å²) in [6, 6.07) is 39.4. The predicted molar refractivity (Wildman–Crippen MR) is 193 cm³/mol. The average molecular weight is 723 g/mol. The highest BCUT2D eigenvalue weighted by molar-refractivity contribution is 5.17. The topological polar surface area (TPSA) is 103 Å². The van der Waals surface area contributed by atoms with Gasteiger partial charge in [-0.05, 0) is 42.0 Å². The van der Waals surface area contributed by atoms with Crippen LogP contribution in [0.2, 0.25) is 0 Å². The first-order chi connectivity index (χ1) is 26.0. The third-order valence-corrected chi connectivity index (χ3v) is 9.28. The Morgan fingerprint density at radius 2 is 1.02 bits per heavy atom. The number of benzene rings is 4. The van der Waals surface area contributed by atoms with Crippen LogP contribution in [-0.2, 0) is 69.1 Å². The third kappa shape index (κ3) is 9.71. The number of aliphatic hydroxyl groups is 1. The second-order valence-electron chi connectivity index (χ2n) is 13.7. The van der Waals surface area contributed by atoms with Crippen LogP contribution in [0.25, 0.3) is 0 Å². The number of aliphatic hydroxyl groups excluding tert-OH is 1. The molecule has 3 heterocycles. The van der Waals surface area contributed by atoms with Crippen molar-refractivity contribution in [3.05, 3.63) is 144 Å². The standard InChI is InChI=1S/C43H46O10/c1-43(2)52-40-36(46-26-30-15-7-3-8-16-30)34(50-42(40)53-43)23-24-45-41-39(49-29-33-21-13-6-14-22-33)38(48-28-32-19-11-5-12-20-32)37(35(25-44)51-41)47-27-31-17-9-4-10-18-31/h3-22,34-42,44H,25-29H2,1-2H3/t34-,35-,36+,37+,38+,39-,40-,41+,42-/m1/s1. The van der Waals surface area contributed by atoms with E-state index in [1.165, 1.54) is 0 Å². The second kappa shape index (κ2) is 17.8. The number of hydrogen-bond donors (Lipinski definition) is 1. The Hall–Kier alpha value is -4.12. The molecular weight excluding hydrogens is 676 g/mol. The van der Waals surface area contributed by atoms with Crippen molar-refractivity contribution in [2.45, 2.75) is 101 Å². The molecular formula is C43H46O10. The molecule has 3 aliphatic heterocycles. The molecule has 0 amide bonds. The van der Waals surface area contributed by atoms with E-state index in [0.717, 1.165) is 22.3 Å². The lowest BCUT2D eigenvalue weighted by molar-refractivity contribution is -0.314. The second-order valence-corrected chi connectivity index (χ2v) is 13.7. The summed E-state index contributed by atoms with van der Waals surface area (Å²) in [5.41, 5.74) is 3.90. The molecule has 0 aromatic heterocycles. The largest absolute Gasteiger partial charge is 0.411 e. The molecule has 10 nitrogen and oxygen atoms in total. The van der Waals surface area contributed by atoms with Crippen LogP contribution in [0, 0.1) is 12.0 Å². The molecule has 3 saturated heterocycles. The maximum Gasteiger partial charge on any atom is 0.239 e.